The molecule has 1 nitrogen and oxygen atoms in total. The minimum Gasteiger partial charge on any atom is -0.301 e. The highest BCUT2D eigenvalue weighted by Gasteiger charge is 2.09. The lowest BCUT2D eigenvalue weighted by Crippen LogP contribution is -2.12. The second-order valence-corrected chi connectivity index (χ2v) is 3.81. The summed E-state index contributed by atoms with van der Waals surface area (Å²) in [5.41, 5.74) is 5.03. The lowest BCUT2D eigenvalue weighted by atomic mass is 9.99. The van der Waals surface area contributed by atoms with Crippen LogP contribution in [0.15, 0.2) is 12.1 Å². The van der Waals surface area contributed by atoms with E-state index in [0.29, 0.717) is 0 Å². The van der Waals surface area contributed by atoms with Gasteiger partial charge < -0.3 is 5.32 Å². The van der Waals surface area contributed by atoms with E-state index in [9.17, 15) is 0 Å². The molecule has 1 aromatic carbocycles. The van der Waals surface area contributed by atoms with Crippen molar-refractivity contribution in [2.75, 3.05) is 7.05 Å². The Morgan fingerprint density at radius 1 is 1.15 bits per heavy atom. The van der Waals surface area contributed by atoms with Crippen LogP contribution in [-0.4, -0.2) is 7.05 Å². The molecule has 72 valence electrons. The molecule has 1 N–H and O–H groups in total. The third-order valence-corrected chi connectivity index (χ3v) is 3.08. The highest BCUT2D eigenvalue weighted by molar-refractivity contribution is 6.20. The predicted molar refractivity (Wildman–Crippen MR) is 58.3 cm³/mol. The molecule has 0 radical (unpaired) electrons. The topological polar surface area (TPSA) is 12.0 Å². The number of hydrogen-bond acceptors (Lipinski definition) is 1. The van der Waals surface area contributed by atoms with Gasteiger partial charge in [-0.15, -0.1) is 11.6 Å². The van der Waals surface area contributed by atoms with Crippen molar-refractivity contribution in [2.24, 2.45) is 0 Å². The number of halogens is 1. The summed E-state index contributed by atoms with van der Waals surface area (Å²) in [5, 5.41) is 3.03. The quantitative estimate of drug-likeness (QED) is 0.568. The van der Waals surface area contributed by atoms with Crippen LogP contribution in [-0.2, 0) is 0 Å². The first-order valence-electron chi connectivity index (χ1n) is 4.46. The van der Waals surface area contributed by atoms with E-state index in [4.69, 9.17) is 11.6 Å². The zero-order chi connectivity index (χ0) is 10.0. The monoisotopic (exact) mass is 197 g/mol. The fourth-order valence-corrected chi connectivity index (χ4v) is 1.64. The van der Waals surface area contributed by atoms with Crippen LogP contribution in [0.25, 0.3) is 0 Å². The molecule has 0 aromatic heterocycles. The summed E-state index contributed by atoms with van der Waals surface area (Å²) in [6.07, 6.45) is 0. The average Bonchev–Trinajstić information content (AvgIpc) is 2.13. The Morgan fingerprint density at radius 2 is 1.77 bits per heavy atom. The Balaban J connectivity index is 3.18. The molecule has 2 heteroatoms. The zero-order valence-electron chi connectivity index (χ0n) is 8.61. The summed E-state index contributed by atoms with van der Waals surface area (Å²) in [6, 6.07) is 4.20. The maximum Gasteiger partial charge on any atom is 0.108 e. The van der Waals surface area contributed by atoms with E-state index >= 15 is 0 Å². The molecular formula is C11H16ClN. The highest BCUT2D eigenvalue weighted by Crippen LogP contribution is 2.24. The molecule has 0 spiro atoms. The summed E-state index contributed by atoms with van der Waals surface area (Å²) in [7, 11) is 1.87. The van der Waals surface area contributed by atoms with Gasteiger partial charge >= 0.3 is 0 Å². The Morgan fingerprint density at radius 3 is 2.31 bits per heavy atom. The molecule has 0 bridgehead atoms. The molecule has 1 aromatic rings. The summed E-state index contributed by atoms with van der Waals surface area (Å²) in [6.45, 7) is 6.37. The summed E-state index contributed by atoms with van der Waals surface area (Å²) in [4.78, 5) is 0. The normalized spacial score (nSPS) is 13.0. The first-order valence-corrected chi connectivity index (χ1v) is 4.89. The van der Waals surface area contributed by atoms with Gasteiger partial charge in [-0.2, -0.15) is 0 Å². The molecule has 0 aliphatic rings. The molecule has 0 aliphatic heterocycles. The summed E-state index contributed by atoms with van der Waals surface area (Å²) < 4.78 is 0. The van der Waals surface area contributed by atoms with Crippen molar-refractivity contribution in [3.63, 3.8) is 0 Å². The van der Waals surface area contributed by atoms with Crippen LogP contribution in [0.1, 0.15) is 27.8 Å². The van der Waals surface area contributed by atoms with E-state index in [1.165, 1.54) is 22.3 Å². The van der Waals surface area contributed by atoms with Crippen LogP contribution in [0.2, 0.25) is 0 Å². The number of rotatable bonds is 2. The van der Waals surface area contributed by atoms with Crippen LogP contribution in [0.5, 0.6) is 0 Å². The van der Waals surface area contributed by atoms with Crippen LogP contribution >= 0.6 is 11.6 Å². The molecule has 0 aliphatic carbocycles. The smallest absolute Gasteiger partial charge is 0.108 e. The van der Waals surface area contributed by atoms with Crippen LogP contribution in [0.4, 0.5) is 0 Å². The molecule has 0 fully saturated rings. The number of aryl methyl sites for hydroxylation is 1. The Bertz CT molecular complexity index is 307. The average molecular weight is 198 g/mol. The van der Waals surface area contributed by atoms with Crippen molar-refractivity contribution in [1.82, 2.24) is 5.32 Å². The zero-order valence-corrected chi connectivity index (χ0v) is 9.37. The van der Waals surface area contributed by atoms with E-state index in [1.54, 1.807) is 0 Å². The van der Waals surface area contributed by atoms with Crippen LogP contribution < -0.4 is 5.32 Å². The third kappa shape index (κ3) is 2.04. The lowest BCUT2D eigenvalue weighted by Gasteiger charge is -2.15. The predicted octanol–water partition coefficient (Wildman–Crippen LogP) is 3.07. The van der Waals surface area contributed by atoms with E-state index in [-0.39, 0.29) is 5.50 Å². The number of hydrogen-bond donors (Lipinski definition) is 1. The van der Waals surface area contributed by atoms with Crippen molar-refractivity contribution in [3.8, 4) is 0 Å². The van der Waals surface area contributed by atoms with Gasteiger partial charge in [0.2, 0.25) is 0 Å². The molecule has 1 unspecified atom stereocenters. The standard InChI is InChI=1S/C11H16ClN/c1-7-5-6-10(11(12)13-4)9(3)8(7)2/h5-6,11,13H,1-4H3. The van der Waals surface area contributed by atoms with Gasteiger partial charge in [-0.25, -0.2) is 0 Å². The van der Waals surface area contributed by atoms with Gasteiger partial charge in [0.25, 0.3) is 0 Å². The minimum absolute atomic E-state index is 0.0840. The molecule has 0 amide bonds. The van der Waals surface area contributed by atoms with E-state index in [2.05, 4.69) is 38.2 Å². The maximum atomic E-state index is 6.11. The van der Waals surface area contributed by atoms with Crippen molar-refractivity contribution >= 4 is 11.6 Å². The molecule has 13 heavy (non-hydrogen) atoms. The largest absolute Gasteiger partial charge is 0.301 e. The first kappa shape index (κ1) is 10.6. The molecule has 1 atom stereocenters. The van der Waals surface area contributed by atoms with E-state index in [0.717, 1.165) is 0 Å². The third-order valence-electron chi connectivity index (χ3n) is 2.63. The van der Waals surface area contributed by atoms with Gasteiger partial charge in [0.1, 0.15) is 5.50 Å². The Labute approximate surface area is 85.1 Å². The van der Waals surface area contributed by atoms with E-state index in [1.807, 2.05) is 7.05 Å². The Kier molecular flexibility index (Phi) is 3.34. The van der Waals surface area contributed by atoms with E-state index < -0.39 is 0 Å². The molecular weight excluding hydrogens is 182 g/mol. The van der Waals surface area contributed by atoms with Crippen molar-refractivity contribution in [3.05, 3.63) is 34.4 Å². The number of alkyl halides is 1. The van der Waals surface area contributed by atoms with Crippen molar-refractivity contribution in [2.45, 2.75) is 26.3 Å². The van der Waals surface area contributed by atoms with Gasteiger partial charge in [-0.3, -0.25) is 0 Å². The first-order chi connectivity index (χ1) is 6.07. The van der Waals surface area contributed by atoms with Crippen LogP contribution in [0.3, 0.4) is 0 Å². The fraction of sp³-hybridized carbons (Fsp3) is 0.455. The summed E-state index contributed by atoms with van der Waals surface area (Å²) >= 11 is 6.11. The second-order valence-electron chi connectivity index (χ2n) is 3.37. The second kappa shape index (κ2) is 4.12. The van der Waals surface area contributed by atoms with Gasteiger partial charge in [-0.1, -0.05) is 12.1 Å². The SMILES string of the molecule is CNC(Cl)c1ccc(C)c(C)c1C. The van der Waals surface area contributed by atoms with Gasteiger partial charge in [0, 0.05) is 0 Å². The van der Waals surface area contributed by atoms with Gasteiger partial charge in [-0.05, 0) is 50.1 Å². The summed E-state index contributed by atoms with van der Waals surface area (Å²) in [5.74, 6) is 0. The maximum absolute atomic E-state index is 6.11. The highest BCUT2D eigenvalue weighted by atomic mass is 35.5. The van der Waals surface area contributed by atoms with Gasteiger partial charge in [0.05, 0.1) is 0 Å². The fourth-order valence-electron chi connectivity index (χ4n) is 1.41. The van der Waals surface area contributed by atoms with Crippen LogP contribution in [0, 0.1) is 20.8 Å². The number of nitrogens with one attached hydrogen (secondary N) is 1. The molecule has 0 saturated carbocycles. The number of benzene rings is 1. The van der Waals surface area contributed by atoms with Crippen molar-refractivity contribution in [1.29, 1.82) is 0 Å². The van der Waals surface area contributed by atoms with Crippen molar-refractivity contribution < 1.29 is 0 Å². The van der Waals surface area contributed by atoms with Gasteiger partial charge in [0.15, 0.2) is 0 Å². The lowest BCUT2D eigenvalue weighted by molar-refractivity contribution is 0.776. The molecule has 1 rings (SSSR count). The molecule has 0 heterocycles. The minimum atomic E-state index is -0.0840. The molecule has 0 saturated heterocycles. The Hall–Kier alpha value is -0.530.